The molecule has 0 bridgehead atoms. The molecule has 0 aliphatic carbocycles. The maximum Gasteiger partial charge on any atom is 0.415 e. The Morgan fingerprint density at radius 2 is 1.94 bits per heavy atom. The fraction of sp³-hybridized carbons (Fsp3) is 0.382. The summed E-state index contributed by atoms with van der Waals surface area (Å²) >= 11 is 0. The van der Waals surface area contributed by atoms with Gasteiger partial charge in [0, 0.05) is 50.4 Å². The van der Waals surface area contributed by atoms with Gasteiger partial charge in [-0.2, -0.15) is 10.2 Å². The quantitative estimate of drug-likeness (QED) is 0.245. The van der Waals surface area contributed by atoms with Gasteiger partial charge < -0.3 is 30.2 Å². The number of nitrogens with one attached hydrogen (secondary N) is 1. The first kappa shape index (κ1) is 32.8. The van der Waals surface area contributed by atoms with Gasteiger partial charge in [0.2, 0.25) is 5.91 Å². The van der Waals surface area contributed by atoms with Crippen LogP contribution in [-0.4, -0.2) is 104 Å². The average molecular weight is 683 g/mol. The number of pyridine rings is 1. The first-order valence-electron chi connectivity index (χ1n) is 16.3. The third kappa shape index (κ3) is 6.24. The van der Waals surface area contributed by atoms with Crippen LogP contribution >= 0.6 is 0 Å². The zero-order valence-electron chi connectivity index (χ0n) is 28.3. The highest BCUT2D eigenvalue weighted by molar-refractivity contribution is 6.06. The van der Waals surface area contributed by atoms with Crippen molar-refractivity contribution in [3.8, 4) is 28.4 Å². The zero-order chi connectivity index (χ0) is 35.2. The Hall–Kier alpha value is -5.77. The number of hydrogen-bond acceptors (Lipinski definition) is 11. The highest BCUT2D eigenvalue weighted by Gasteiger charge is 2.31. The van der Waals surface area contributed by atoms with Gasteiger partial charge in [0.1, 0.15) is 29.4 Å². The van der Waals surface area contributed by atoms with Gasteiger partial charge in [-0.3, -0.25) is 19.5 Å². The van der Waals surface area contributed by atoms with Crippen molar-refractivity contribution in [1.29, 1.82) is 0 Å². The fourth-order valence-electron chi connectivity index (χ4n) is 6.26. The van der Waals surface area contributed by atoms with Crippen LogP contribution in [-0.2, 0) is 9.53 Å². The standard InChI is InChI=1S/C34H38N10O6/c1-34(2,3)50-33(47)42-12-13-49-28-16-26(27(48-4)15-25(28)42)44-24-14-23(21-18-39-43-9-5-7-36-31(21)43)38-17-22(24)29(40-44)32(46)37-8-11-41-10-6-20(19-41)30(35)45/h5,7,9,14-18,20H,6,8,10-13,19H2,1-4H3,(H2,35,45)(H,37,46)/t20-/m1/s1. The van der Waals surface area contributed by atoms with E-state index in [0.717, 1.165) is 6.54 Å². The molecule has 1 atom stereocenters. The lowest BCUT2D eigenvalue weighted by atomic mass is 10.1. The number of carbonyl (C=O) groups is 3. The lowest BCUT2D eigenvalue weighted by Gasteiger charge is -2.32. The number of methoxy groups -OCH3 is 1. The van der Waals surface area contributed by atoms with Crippen molar-refractivity contribution in [1.82, 2.24) is 39.6 Å². The minimum absolute atomic E-state index is 0.157. The maximum absolute atomic E-state index is 13.7. The summed E-state index contributed by atoms with van der Waals surface area (Å²) in [5, 5.41) is 12.7. The Morgan fingerprint density at radius 3 is 2.70 bits per heavy atom. The Bertz CT molecular complexity index is 2120. The molecular formula is C34H38N10O6. The van der Waals surface area contributed by atoms with Crippen molar-refractivity contribution in [2.75, 3.05) is 51.3 Å². The minimum atomic E-state index is -0.687. The summed E-state index contributed by atoms with van der Waals surface area (Å²) < 4.78 is 20.8. The van der Waals surface area contributed by atoms with Gasteiger partial charge in [-0.05, 0) is 45.9 Å². The maximum atomic E-state index is 13.7. The fourth-order valence-corrected chi connectivity index (χ4v) is 6.26. The van der Waals surface area contributed by atoms with Crippen LogP contribution in [0, 0.1) is 5.92 Å². The molecular weight excluding hydrogens is 644 g/mol. The molecule has 5 aromatic rings. The number of likely N-dealkylation sites (tertiary alicyclic amines) is 1. The van der Waals surface area contributed by atoms with Crippen molar-refractivity contribution in [3.05, 3.63) is 54.7 Å². The minimum Gasteiger partial charge on any atom is -0.494 e. The molecule has 3 N–H and O–H groups in total. The van der Waals surface area contributed by atoms with Gasteiger partial charge >= 0.3 is 6.09 Å². The van der Waals surface area contributed by atoms with Crippen molar-refractivity contribution in [2.45, 2.75) is 32.8 Å². The second-order valence-electron chi connectivity index (χ2n) is 13.2. The van der Waals surface area contributed by atoms with Gasteiger partial charge in [0.15, 0.2) is 11.3 Å². The Morgan fingerprint density at radius 1 is 1.10 bits per heavy atom. The smallest absolute Gasteiger partial charge is 0.415 e. The van der Waals surface area contributed by atoms with Gasteiger partial charge in [-0.15, -0.1) is 0 Å². The van der Waals surface area contributed by atoms with Gasteiger partial charge in [-0.25, -0.2) is 19.0 Å². The molecule has 7 rings (SSSR count). The predicted octanol–water partition coefficient (Wildman–Crippen LogP) is 2.81. The van der Waals surface area contributed by atoms with Crippen LogP contribution in [0.1, 0.15) is 37.7 Å². The summed E-state index contributed by atoms with van der Waals surface area (Å²) in [6.45, 7) is 8.18. The molecule has 16 nitrogen and oxygen atoms in total. The molecule has 50 heavy (non-hydrogen) atoms. The van der Waals surface area contributed by atoms with E-state index < -0.39 is 17.6 Å². The first-order valence-corrected chi connectivity index (χ1v) is 16.3. The lowest BCUT2D eigenvalue weighted by Crippen LogP contribution is -2.41. The number of benzene rings is 1. The predicted molar refractivity (Wildman–Crippen MR) is 183 cm³/mol. The van der Waals surface area contributed by atoms with E-state index in [1.54, 1.807) is 52.2 Å². The largest absolute Gasteiger partial charge is 0.494 e. The number of aromatic nitrogens is 6. The highest BCUT2D eigenvalue weighted by Crippen LogP contribution is 2.41. The van der Waals surface area contributed by atoms with E-state index in [1.807, 2.05) is 26.8 Å². The summed E-state index contributed by atoms with van der Waals surface area (Å²) in [6.07, 6.45) is 6.98. The number of amides is 3. The Labute approximate surface area is 287 Å². The molecule has 1 fully saturated rings. The van der Waals surface area contributed by atoms with Crippen LogP contribution in [0.2, 0.25) is 0 Å². The summed E-state index contributed by atoms with van der Waals surface area (Å²) in [6, 6.07) is 7.05. The van der Waals surface area contributed by atoms with Crippen LogP contribution in [0.4, 0.5) is 10.5 Å². The van der Waals surface area contributed by atoms with Crippen LogP contribution < -0.4 is 25.4 Å². The number of carbonyl (C=O) groups excluding carboxylic acids is 3. The number of rotatable bonds is 8. The lowest BCUT2D eigenvalue weighted by molar-refractivity contribution is -0.121. The summed E-state index contributed by atoms with van der Waals surface area (Å²) in [5.74, 6) is -0.0701. The molecule has 2 aliphatic heterocycles. The van der Waals surface area contributed by atoms with Crippen LogP contribution in [0.3, 0.4) is 0 Å². The summed E-state index contributed by atoms with van der Waals surface area (Å²) in [4.78, 5) is 51.3. The molecule has 260 valence electrons. The molecule has 4 aromatic heterocycles. The van der Waals surface area contributed by atoms with Crippen LogP contribution in [0.5, 0.6) is 11.5 Å². The molecule has 16 heteroatoms. The number of primary amides is 1. The molecule has 2 aliphatic rings. The zero-order valence-corrected chi connectivity index (χ0v) is 28.3. The van der Waals surface area contributed by atoms with Gasteiger partial charge in [0.05, 0.1) is 53.6 Å². The normalized spacial score (nSPS) is 16.3. The molecule has 0 radical (unpaired) electrons. The average Bonchev–Trinajstić information content (AvgIpc) is 3.84. The molecule has 1 saturated heterocycles. The van der Waals surface area contributed by atoms with Crippen LogP contribution in [0.15, 0.2) is 49.1 Å². The van der Waals surface area contributed by atoms with Crippen molar-refractivity contribution < 1.29 is 28.6 Å². The van der Waals surface area contributed by atoms with Gasteiger partial charge in [0.25, 0.3) is 5.91 Å². The summed E-state index contributed by atoms with van der Waals surface area (Å²) in [7, 11) is 1.52. The van der Waals surface area contributed by atoms with Crippen molar-refractivity contribution in [2.24, 2.45) is 11.7 Å². The van der Waals surface area contributed by atoms with Crippen molar-refractivity contribution >= 4 is 40.1 Å². The number of ether oxygens (including phenoxy) is 3. The Kier molecular flexibility index (Phi) is 8.47. The molecule has 0 unspecified atom stereocenters. The molecule has 0 saturated carbocycles. The second-order valence-corrected chi connectivity index (χ2v) is 13.2. The van der Waals surface area contributed by atoms with E-state index in [1.165, 1.54) is 12.0 Å². The van der Waals surface area contributed by atoms with E-state index in [-0.39, 0.29) is 24.1 Å². The van der Waals surface area contributed by atoms with Crippen LogP contribution in [0.25, 0.3) is 33.5 Å². The SMILES string of the molecule is COc1cc2c(cc1-n1nc(C(=O)NCCN3CC[C@@H](C(N)=O)C3)c3cnc(-c4cnn5cccnc45)cc31)OCCN2C(=O)OC(C)(C)C. The third-order valence-corrected chi connectivity index (χ3v) is 8.69. The van der Waals surface area contributed by atoms with E-state index in [9.17, 15) is 14.4 Å². The number of hydrogen-bond donors (Lipinski definition) is 2. The topological polar surface area (TPSA) is 184 Å². The van der Waals surface area contributed by atoms with E-state index in [0.29, 0.717) is 83.3 Å². The van der Waals surface area contributed by atoms with E-state index >= 15 is 0 Å². The van der Waals surface area contributed by atoms with E-state index in [4.69, 9.17) is 30.0 Å². The highest BCUT2D eigenvalue weighted by atomic mass is 16.6. The third-order valence-electron chi connectivity index (χ3n) is 8.69. The van der Waals surface area contributed by atoms with Crippen molar-refractivity contribution in [3.63, 3.8) is 0 Å². The molecule has 1 aromatic carbocycles. The number of anilines is 1. The molecule has 6 heterocycles. The van der Waals surface area contributed by atoms with E-state index in [2.05, 4.69) is 20.3 Å². The summed E-state index contributed by atoms with van der Waals surface area (Å²) in [5.41, 5.74) is 8.37. The molecule has 0 spiro atoms. The monoisotopic (exact) mass is 682 g/mol. The second kappa shape index (κ2) is 12.9. The number of nitrogens with two attached hydrogens (primary N) is 1. The first-order chi connectivity index (χ1) is 24.0. The van der Waals surface area contributed by atoms with Gasteiger partial charge in [-0.1, -0.05) is 0 Å². The number of fused-ring (bicyclic) bond motifs is 3. The number of nitrogens with zero attached hydrogens (tertiary/aromatic N) is 8. The molecule has 3 amide bonds. The Balaban J connectivity index is 1.28.